The molecule has 84 valence electrons. The fourth-order valence-corrected chi connectivity index (χ4v) is 0.260. The molecule has 0 unspecified atom stereocenters. The maximum absolute atomic E-state index is 10.3. The second kappa shape index (κ2) is 15.0. The molecule has 0 aromatic rings. The zero-order valence-electron chi connectivity index (χ0n) is 14.3. The van der Waals surface area contributed by atoms with E-state index < -0.39 is 30.0 Å². The van der Waals surface area contributed by atoms with E-state index in [1.54, 1.807) is 0 Å². The van der Waals surface area contributed by atoms with Crippen LogP contribution < -0.4 is 75.4 Å². The van der Waals surface area contributed by atoms with Gasteiger partial charge in [-0.05, 0) is 0 Å². The Morgan fingerprint density at radius 2 is 0.889 bits per heavy atom. The molecule has 0 atom stereocenters. The number of hydrogen-bond donors (Lipinski definition) is 2. The van der Waals surface area contributed by atoms with Crippen LogP contribution in [0.1, 0.15) is 5.71 Å². The fraction of sp³-hybridized carbons (Fsp3) is 0. The summed E-state index contributed by atoms with van der Waals surface area (Å²) in [6.07, 6.45) is -2.02. The van der Waals surface area contributed by atoms with E-state index in [2.05, 4.69) is 9.47 Å². The number of rotatable bonds is 0. The molecule has 0 saturated carbocycles. The van der Waals surface area contributed by atoms with E-state index in [-0.39, 0.29) is 81.1 Å². The van der Waals surface area contributed by atoms with Crippen LogP contribution in [0.15, 0.2) is 0 Å². The molecule has 0 aliphatic rings. The zero-order valence-corrected chi connectivity index (χ0v) is 10.3. The molecule has 0 fully saturated rings. The summed E-state index contributed by atoms with van der Waals surface area (Å²) in [5.74, 6) is -8.17. The van der Waals surface area contributed by atoms with Gasteiger partial charge in [-0.25, -0.2) is 24.0 Å². The average Bonchev–Trinajstić information content (AvgIpc) is 2.03. The van der Waals surface area contributed by atoms with Gasteiger partial charge >= 0.3 is 105 Å². The summed E-state index contributed by atoms with van der Waals surface area (Å²) in [5, 5.41) is 15.8. The third kappa shape index (κ3) is 14.0. The normalized spacial score (nSPS) is 6.67. The topological polar surface area (TPSA) is 144 Å². The summed E-state index contributed by atoms with van der Waals surface area (Å²) in [6, 6.07) is 0. The van der Waals surface area contributed by atoms with Crippen molar-refractivity contribution in [2.24, 2.45) is 0 Å². The van der Waals surface area contributed by atoms with Crippen LogP contribution >= 0.6 is 0 Å². The monoisotopic (exact) mass is 238 g/mol. The van der Waals surface area contributed by atoms with Crippen molar-refractivity contribution in [3.05, 3.63) is 0 Å². The molecule has 0 aliphatic carbocycles. The van der Waals surface area contributed by atoms with Crippen LogP contribution in [-0.4, -0.2) is 40.2 Å². The van der Waals surface area contributed by atoms with Crippen LogP contribution in [-0.2, 0) is 28.7 Å². The Labute approximate surface area is 154 Å². The smallest absolute Gasteiger partial charge is 1.00 e. The van der Waals surface area contributed by atoms with Crippen molar-refractivity contribution in [2.75, 3.05) is 0 Å². The predicted octanol–water partition coefficient (Wildman–Crippen LogP) is -13.2. The Morgan fingerprint density at radius 1 is 0.667 bits per heavy atom. The van der Waals surface area contributed by atoms with E-state index in [0.717, 1.165) is 0 Å². The van der Waals surface area contributed by atoms with Crippen LogP contribution in [0.3, 0.4) is 0 Å². The average molecular weight is 238 g/mol. The molecule has 0 amide bonds. The molecule has 0 heterocycles. The Morgan fingerprint density at radius 3 is 1.06 bits per heavy atom. The number of ether oxygens (including phenoxy) is 2. The molecule has 0 aliphatic heterocycles. The van der Waals surface area contributed by atoms with Gasteiger partial charge in [-0.2, -0.15) is 0 Å². The molecule has 9 nitrogen and oxygen atoms in total. The van der Waals surface area contributed by atoms with Gasteiger partial charge in [0.2, 0.25) is 0 Å². The van der Waals surface area contributed by atoms with Crippen molar-refractivity contribution in [2.45, 2.75) is 0 Å². The first-order chi connectivity index (χ1) is 6.34. The quantitative estimate of drug-likeness (QED) is 0.182. The van der Waals surface area contributed by atoms with Gasteiger partial charge in [-0.3, -0.25) is 0 Å². The van der Waals surface area contributed by atoms with E-state index in [1.165, 1.54) is 0 Å². The molecule has 2 N–H and O–H groups in total. The summed E-state index contributed by atoms with van der Waals surface area (Å²) in [6.45, 7) is 0. The number of carboxylic acid groups (broad SMARTS) is 2. The van der Waals surface area contributed by atoms with E-state index in [9.17, 15) is 24.0 Å². The Balaban J connectivity index is -0.0000000302. The van der Waals surface area contributed by atoms with Crippen LogP contribution in [0.2, 0.25) is 0 Å². The molecule has 13 heteroatoms. The largest absolute Gasteiger partial charge is 1.00 e. The first-order valence-electron chi connectivity index (χ1n) is 2.78. The van der Waals surface area contributed by atoms with Crippen LogP contribution in [0.4, 0.5) is 4.79 Å². The summed E-state index contributed by atoms with van der Waals surface area (Å²) < 4.78 is 6.70. The number of carbonyl (C=O) groups is 5. The van der Waals surface area contributed by atoms with Gasteiger partial charge in [0.25, 0.3) is 0 Å². The number of esters is 2. The summed E-state index contributed by atoms with van der Waals surface area (Å²) in [4.78, 5) is 50.0. The van der Waals surface area contributed by atoms with Crippen molar-refractivity contribution in [3.8, 4) is 0 Å². The molecule has 0 spiro atoms. The standard InChI is InChI=1S/C5H2O9.4Li.4H/c6-1(7)3(10)13-5(12)14-4(11)2(8)9;;;;;;;;/h(H,6,7)(H,8,9);;;;;;;;/q;4*+1;4*-1. The maximum atomic E-state index is 10.3. The summed E-state index contributed by atoms with van der Waals surface area (Å²) in [7, 11) is 0. The molecule has 0 radical (unpaired) electrons. The van der Waals surface area contributed by atoms with Crippen molar-refractivity contribution in [1.82, 2.24) is 0 Å². The summed E-state index contributed by atoms with van der Waals surface area (Å²) >= 11 is 0. The van der Waals surface area contributed by atoms with Crippen molar-refractivity contribution in [1.29, 1.82) is 0 Å². The van der Waals surface area contributed by atoms with Gasteiger partial charge < -0.3 is 25.4 Å². The predicted molar refractivity (Wildman–Crippen MR) is 37.3 cm³/mol. The van der Waals surface area contributed by atoms with Gasteiger partial charge in [0, 0.05) is 0 Å². The van der Waals surface area contributed by atoms with Gasteiger partial charge in [-0.15, -0.1) is 0 Å². The Hall–Kier alpha value is -0.0604. The second-order valence-corrected chi connectivity index (χ2v) is 1.64. The van der Waals surface area contributed by atoms with E-state index in [0.29, 0.717) is 0 Å². The first kappa shape index (κ1) is 30.7. The minimum absolute atomic E-state index is 0. The third-order valence-electron chi connectivity index (χ3n) is 0.701. The molecule has 0 aromatic heterocycles. The molecule has 0 aromatic carbocycles. The molecule has 18 heavy (non-hydrogen) atoms. The van der Waals surface area contributed by atoms with Crippen molar-refractivity contribution < 1.29 is 125 Å². The van der Waals surface area contributed by atoms with Gasteiger partial charge in [0.05, 0.1) is 0 Å². The second-order valence-electron chi connectivity index (χ2n) is 1.64. The fourth-order valence-electron chi connectivity index (χ4n) is 0.260. The SMILES string of the molecule is O=C(OC(=O)C(=O)O)OC(=O)C(=O)O.[H-].[H-].[H-].[H-].[Li+].[Li+].[Li+].[Li+]. The third-order valence-corrected chi connectivity index (χ3v) is 0.701. The van der Waals surface area contributed by atoms with E-state index in [4.69, 9.17) is 10.2 Å². The van der Waals surface area contributed by atoms with Crippen LogP contribution in [0.5, 0.6) is 0 Å². The molecule has 0 rings (SSSR count). The minimum atomic E-state index is -2.09. The first-order valence-corrected chi connectivity index (χ1v) is 2.78. The van der Waals surface area contributed by atoms with E-state index in [1.807, 2.05) is 0 Å². The number of hydrogen-bond acceptors (Lipinski definition) is 7. The van der Waals surface area contributed by atoms with Crippen LogP contribution in [0, 0.1) is 0 Å². The van der Waals surface area contributed by atoms with Gasteiger partial charge in [0.15, 0.2) is 0 Å². The maximum Gasteiger partial charge on any atom is 1.00 e. The van der Waals surface area contributed by atoms with Crippen molar-refractivity contribution in [3.63, 3.8) is 0 Å². The Bertz CT molecular complexity index is 312. The zero-order chi connectivity index (χ0) is 11.3. The number of carbonyl (C=O) groups excluding carboxylic acids is 3. The Kier molecular flexibility index (Phi) is 25.6. The van der Waals surface area contributed by atoms with Crippen molar-refractivity contribution >= 4 is 30.0 Å². The molecular weight excluding hydrogens is 232 g/mol. The number of aliphatic carboxylic acids is 2. The molecule has 0 saturated heterocycles. The van der Waals surface area contributed by atoms with Crippen LogP contribution in [0.25, 0.3) is 0 Å². The summed E-state index contributed by atoms with van der Waals surface area (Å²) in [5.41, 5.74) is 0. The van der Waals surface area contributed by atoms with Gasteiger partial charge in [0.1, 0.15) is 0 Å². The van der Waals surface area contributed by atoms with E-state index >= 15 is 0 Å². The molecular formula is C5H6Li4O9. The van der Waals surface area contributed by atoms with Gasteiger partial charge in [-0.1, -0.05) is 0 Å². The molecule has 0 bridgehead atoms. The number of carboxylic acids is 2. The minimum Gasteiger partial charge on any atom is -1.00 e.